The maximum Gasteiger partial charge on any atom is 0.416 e. The molecule has 0 radical (unpaired) electrons. The SMILES string of the molecule is CNCc1ccc(SC2CCCC2)cc1C(F)(F)F. The zero-order chi connectivity index (χ0) is 13.9. The van der Waals surface area contributed by atoms with Gasteiger partial charge < -0.3 is 5.32 Å². The number of hydrogen-bond donors (Lipinski definition) is 1. The highest BCUT2D eigenvalue weighted by molar-refractivity contribution is 8.00. The van der Waals surface area contributed by atoms with Crippen molar-refractivity contribution in [1.82, 2.24) is 5.32 Å². The molecule has 1 nitrogen and oxygen atoms in total. The highest BCUT2D eigenvalue weighted by Crippen LogP contribution is 2.38. The number of rotatable bonds is 4. The van der Waals surface area contributed by atoms with Crippen LogP contribution >= 0.6 is 11.8 Å². The Morgan fingerprint density at radius 1 is 1.26 bits per heavy atom. The number of benzene rings is 1. The monoisotopic (exact) mass is 289 g/mol. The van der Waals surface area contributed by atoms with Gasteiger partial charge in [-0.25, -0.2) is 0 Å². The minimum Gasteiger partial charge on any atom is -0.316 e. The number of halogens is 3. The molecule has 0 unspecified atom stereocenters. The fourth-order valence-electron chi connectivity index (χ4n) is 2.44. The van der Waals surface area contributed by atoms with E-state index in [-0.39, 0.29) is 6.54 Å². The van der Waals surface area contributed by atoms with Gasteiger partial charge in [0.15, 0.2) is 0 Å². The van der Waals surface area contributed by atoms with Crippen LogP contribution in [0.15, 0.2) is 23.1 Å². The molecule has 1 aliphatic carbocycles. The Kier molecular flexibility index (Phi) is 4.79. The third kappa shape index (κ3) is 3.89. The van der Waals surface area contributed by atoms with Gasteiger partial charge in [-0.3, -0.25) is 0 Å². The molecular formula is C14H18F3NS. The lowest BCUT2D eigenvalue weighted by Crippen LogP contribution is -2.14. The summed E-state index contributed by atoms with van der Waals surface area (Å²) in [6, 6.07) is 4.71. The third-order valence-corrected chi connectivity index (χ3v) is 4.69. The summed E-state index contributed by atoms with van der Waals surface area (Å²) in [5.74, 6) is 0. The molecule has 0 spiro atoms. The summed E-state index contributed by atoms with van der Waals surface area (Å²) in [5.41, 5.74) is -0.199. The maximum atomic E-state index is 13.0. The topological polar surface area (TPSA) is 12.0 Å². The molecule has 0 atom stereocenters. The molecule has 0 amide bonds. The van der Waals surface area contributed by atoms with Crippen molar-refractivity contribution in [1.29, 1.82) is 0 Å². The Hall–Kier alpha value is -0.680. The molecule has 19 heavy (non-hydrogen) atoms. The van der Waals surface area contributed by atoms with E-state index < -0.39 is 11.7 Å². The molecule has 1 aromatic rings. The van der Waals surface area contributed by atoms with Crippen molar-refractivity contribution in [2.24, 2.45) is 0 Å². The lowest BCUT2D eigenvalue weighted by molar-refractivity contribution is -0.138. The van der Waals surface area contributed by atoms with Gasteiger partial charge in [0.1, 0.15) is 0 Å². The Bertz CT molecular complexity index is 425. The molecule has 2 rings (SSSR count). The number of nitrogens with one attached hydrogen (secondary N) is 1. The zero-order valence-electron chi connectivity index (χ0n) is 10.9. The lowest BCUT2D eigenvalue weighted by atomic mass is 10.1. The molecule has 1 saturated carbocycles. The first-order valence-corrected chi connectivity index (χ1v) is 7.40. The van der Waals surface area contributed by atoms with Crippen LogP contribution in [0.5, 0.6) is 0 Å². The van der Waals surface area contributed by atoms with E-state index in [1.54, 1.807) is 24.9 Å². The van der Waals surface area contributed by atoms with E-state index >= 15 is 0 Å². The van der Waals surface area contributed by atoms with Crippen molar-refractivity contribution in [3.63, 3.8) is 0 Å². The second-order valence-corrected chi connectivity index (χ2v) is 6.25. The lowest BCUT2D eigenvalue weighted by Gasteiger charge is -2.15. The minimum atomic E-state index is -4.28. The number of thioether (sulfide) groups is 1. The highest BCUT2D eigenvalue weighted by atomic mass is 32.2. The molecule has 0 aliphatic heterocycles. The molecule has 106 valence electrons. The Morgan fingerprint density at radius 3 is 2.53 bits per heavy atom. The Balaban J connectivity index is 2.21. The molecule has 0 heterocycles. The van der Waals surface area contributed by atoms with E-state index in [2.05, 4.69) is 5.32 Å². The van der Waals surface area contributed by atoms with E-state index in [0.717, 1.165) is 17.7 Å². The minimum absolute atomic E-state index is 0.239. The maximum absolute atomic E-state index is 13.0. The molecule has 0 bridgehead atoms. The van der Waals surface area contributed by atoms with Crippen LogP contribution in [-0.4, -0.2) is 12.3 Å². The molecule has 1 fully saturated rings. The van der Waals surface area contributed by atoms with E-state index in [1.807, 2.05) is 6.07 Å². The average molecular weight is 289 g/mol. The van der Waals surface area contributed by atoms with Gasteiger partial charge in [0.25, 0.3) is 0 Å². The van der Waals surface area contributed by atoms with Gasteiger partial charge in [0.2, 0.25) is 0 Å². The predicted octanol–water partition coefficient (Wildman–Crippen LogP) is 4.46. The summed E-state index contributed by atoms with van der Waals surface area (Å²) < 4.78 is 39.1. The van der Waals surface area contributed by atoms with Crippen molar-refractivity contribution in [2.75, 3.05) is 7.05 Å². The molecule has 1 aromatic carbocycles. The van der Waals surface area contributed by atoms with Crippen LogP contribution in [0.3, 0.4) is 0 Å². The van der Waals surface area contributed by atoms with E-state index in [9.17, 15) is 13.2 Å². The zero-order valence-corrected chi connectivity index (χ0v) is 11.7. The Labute approximate surface area is 116 Å². The summed E-state index contributed by atoms with van der Waals surface area (Å²) in [4.78, 5) is 0.735. The third-order valence-electron chi connectivity index (χ3n) is 3.36. The summed E-state index contributed by atoms with van der Waals surface area (Å²) in [5, 5.41) is 3.26. The van der Waals surface area contributed by atoms with Gasteiger partial charge in [-0.1, -0.05) is 18.9 Å². The molecule has 1 N–H and O–H groups in total. The first-order valence-electron chi connectivity index (χ1n) is 6.52. The van der Waals surface area contributed by atoms with Gasteiger partial charge in [-0.05, 0) is 37.6 Å². The first kappa shape index (κ1) is 14.7. The molecule has 5 heteroatoms. The predicted molar refractivity (Wildman–Crippen MR) is 72.3 cm³/mol. The second-order valence-electron chi connectivity index (χ2n) is 4.87. The van der Waals surface area contributed by atoms with Crippen LogP contribution in [0.25, 0.3) is 0 Å². The Morgan fingerprint density at radius 2 is 1.95 bits per heavy atom. The summed E-state index contributed by atoms with van der Waals surface area (Å²) in [6.45, 7) is 0.239. The molecule has 1 aliphatic rings. The second kappa shape index (κ2) is 6.18. The molecule has 0 aromatic heterocycles. The van der Waals surface area contributed by atoms with Crippen LogP contribution in [-0.2, 0) is 12.7 Å². The van der Waals surface area contributed by atoms with Crippen LogP contribution < -0.4 is 5.32 Å². The van der Waals surface area contributed by atoms with Gasteiger partial charge in [-0.15, -0.1) is 11.8 Å². The smallest absolute Gasteiger partial charge is 0.316 e. The normalized spacial score (nSPS) is 17.1. The molecule has 0 saturated heterocycles. The molecular weight excluding hydrogens is 271 g/mol. The van der Waals surface area contributed by atoms with Crippen LogP contribution in [0.1, 0.15) is 36.8 Å². The first-order chi connectivity index (χ1) is 9.00. The standard InChI is InChI=1S/C14H18F3NS/c1-18-9-10-6-7-12(8-13(10)14(15,16)17)19-11-4-2-3-5-11/h6-8,11,18H,2-5,9H2,1H3. The fourth-order valence-corrected chi connectivity index (χ4v) is 3.72. The number of hydrogen-bond acceptors (Lipinski definition) is 2. The summed E-state index contributed by atoms with van der Waals surface area (Å²) >= 11 is 1.59. The van der Waals surface area contributed by atoms with E-state index in [0.29, 0.717) is 10.8 Å². The summed E-state index contributed by atoms with van der Waals surface area (Å²) in [7, 11) is 1.65. The van der Waals surface area contributed by atoms with Gasteiger partial charge in [-0.2, -0.15) is 13.2 Å². The largest absolute Gasteiger partial charge is 0.416 e. The van der Waals surface area contributed by atoms with E-state index in [4.69, 9.17) is 0 Å². The van der Waals surface area contributed by atoms with Crippen LogP contribution in [0.4, 0.5) is 13.2 Å². The van der Waals surface area contributed by atoms with E-state index in [1.165, 1.54) is 18.9 Å². The average Bonchev–Trinajstić information content (AvgIpc) is 2.83. The quantitative estimate of drug-likeness (QED) is 0.878. The van der Waals surface area contributed by atoms with Crippen molar-refractivity contribution in [3.8, 4) is 0 Å². The van der Waals surface area contributed by atoms with Crippen molar-refractivity contribution >= 4 is 11.8 Å². The van der Waals surface area contributed by atoms with Gasteiger partial charge in [0.05, 0.1) is 5.56 Å². The summed E-state index contributed by atoms with van der Waals surface area (Å²) in [6.07, 6.45) is 0.344. The highest BCUT2D eigenvalue weighted by Gasteiger charge is 2.33. The van der Waals surface area contributed by atoms with Crippen molar-refractivity contribution in [2.45, 2.75) is 48.5 Å². The van der Waals surface area contributed by atoms with Crippen LogP contribution in [0.2, 0.25) is 0 Å². The number of alkyl halides is 3. The fraction of sp³-hybridized carbons (Fsp3) is 0.571. The van der Waals surface area contributed by atoms with Gasteiger partial charge >= 0.3 is 6.18 Å². The van der Waals surface area contributed by atoms with Crippen molar-refractivity contribution in [3.05, 3.63) is 29.3 Å². The van der Waals surface area contributed by atoms with Crippen molar-refractivity contribution < 1.29 is 13.2 Å². The van der Waals surface area contributed by atoms with Gasteiger partial charge in [0, 0.05) is 16.7 Å². The van der Waals surface area contributed by atoms with Crippen LogP contribution in [0, 0.1) is 0 Å².